The van der Waals surface area contributed by atoms with Crippen molar-refractivity contribution in [2.24, 2.45) is 0 Å². The minimum absolute atomic E-state index is 0.0423. The Kier molecular flexibility index (Phi) is 4.16. The van der Waals surface area contributed by atoms with Gasteiger partial charge in [-0.25, -0.2) is 0 Å². The summed E-state index contributed by atoms with van der Waals surface area (Å²) in [4.78, 5) is 13.2. The topological polar surface area (TPSA) is 38.8 Å². The summed E-state index contributed by atoms with van der Waals surface area (Å²) in [5.41, 5.74) is 0. The molecule has 0 radical (unpaired) electrons. The molecule has 1 amide bonds. The lowest BCUT2D eigenvalue weighted by atomic mass is 10.3. The summed E-state index contributed by atoms with van der Waals surface area (Å²) in [7, 11) is 3.24. The first-order valence-corrected chi connectivity index (χ1v) is 5.02. The third kappa shape index (κ3) is 2.38. The quantitative estimate of drug-likeness (QED) is 0.651. The Bertz CT molecular complexity index is 198. The molecule has 0 aliphatic carbocycles. The number of hydrogen-bond donors (Lipinski definition) is 0. The lowest BCUT2D eigenvalue weighted by Gasteiger charge is -2.16. The lowest BCUT2D eigenvalue weighted by Crippen LogP contribution is -2.34. The van der Waals surface area contributed by atoms with E-state index in [0.29, 0.717) is 13.1 Å². The van der Waals surface area contributed by atoms with Gasteiger partial charge in [-0.1, -0.05) is 0 Å². The molecule has 1 aliphatic rings. The van der Waals surface area contributed by atoms with E-state index in [0.717, 1.165) is 0 Å². The fraction of sp³-hybridized carbons (Fsp3) is 0.889. The summed E-state index contributed by atoms with van der Waals surface area (Å²) >= 11 is 5.72. The summed E-state index contributed by atoms with van der Waals surface area (Å²) in [6.45, 7) is 2.79. The zero-order valence-corrected chi connectivity index (χ0v) is 9.45. The van der Waals surface area contributed by atoms with E-state index in [1.807, 2.05) is 0 Å². The van der Waals surface area contributed by atoms with Crippen LogP contribution in [0.1, 0.15) is 6.92 Å². The molecule has 0 aromatic heterocycles. The molecule has 0 bridgehead atoms. The van der Waals surface area contributed by atoms with Crippen LogP contribution in [0, 0.1) is 0 Å². The number of nitrogens with zero attached hydrogens (tertiary/aromatic N) is 1. The number of rotatable bonds is 3. The van der Waals surface area contributed by atoms with Gasteiger partial charge in [0.1, 0.15) is 17.6 Å². The molecule has 5 heteroatoms. The number of carbonyl (C=O) groups is 1. The molecule has 0 aromatic carbocycles. The maximum atomic E-state index is 11.6. The fourth-order valence-corrected chi connectivity index (χ4v) is 1.77. The molecule has 0 saturated carbocycles. The van der Waals surface area contributed by atoms with Gasteiger partial charge in [-0.05, 0) is 6.92 Å². The third-order valence-corrected chi connectivity index (χ3v) is 2.66. The van der Waals surface area contributed by atoms with E-state index in [1.54, 1.807) is 26.0 Å². The van der Waals surface area contributed by atoms with Crippen molar-refractivity contribution < 1.29 is 14.3 Å². The molecule has 0 aromatic rings. The van der Waals surface area contributed by atoms with Crippen molar-refractivity contribution in [1.82, 2.24) is 4.90 Å². The highest BCUT2D eigenvalue weighted by Gasteiger charge is 2.36. The van der Waals surface area contributed by atoms with Crippen LogP contribution in [0.5, 0.6) is 0 Å². The second-order valence-corrected chi connectivity index (χ2v) is 4.06. The lowest BCUT2D eigenvalue weighted by molar-refractivity contribution is -0.130. The normalized spacial score (nSPS) is 29.3. The molecule has 4 nitrogen and oxygen atoms in total. The standard InChI is InChI=1S/C9H16ClNO3/c1-6(10)9(12)11-4-7(13-2)8(5-11)14-3/h6-8H,4-5H2,1-3H3/t6-,7-,8+/m0/s1. The van der Waals surface area contributed by atoms with Crippen LogP contribution in [0.25, 0.3) is 0 Å². The van der Waals surface area contributed by atoms with Crippen molar-refractivity contribution in [1.29, 1.82) is 0 Å². The monoisotopic (exact) mass is 221 g/mol. The molecule has 1 fully saturated rings. The van der Waals surface area contributed by atoms with Crippen LogP contribution >= 0.6 is 11.6 Å². The number of hydrogen-bond acceptors (Lipinski definition) is 3. The Morgan fingerprint density at radius 2 is 1.79 bits per heavy atom. The van der Waals surface area contributed by atoms with E-state index in [-0.39, 0.29) is 18.1 Å². The van der Waals surface area contributed by atoms with Crippen LogP contribution in [0.4, 0.5) is 0 Å². The Balaban J connectivity index is 2.57. The van der Waals surface area contributed by atoms with Gasteiger partial charge in [0.15, 0.2) is 0 Å². The van der Waals surface area contributed by atoms with Crippen molar-refractivity contribution in [2.45, 2.75) is 24.5 Å². The largest absolute Gasteiger partial charge is 0.377 e. The number of amides is 1. The van der Waals surface area contributed by atoms with Crippen LogP contribution in [0.3, 0.4) is 0 Å². The molecular weight excluding hydrogens is 206 g/mol. The van der Waals surface area contributed by atoms with Gasteiger partial charge in [-0.2, -0.15) is 0 Å². The Labute approximate surface area is 89.1 Å². The van der Waals surface area contributed by atoms with Crippen LogP contribution < -0.4 is 0 Å². The zero-order valence-electron chi connectivity index (χ0n) is 8.70. The highest BCUT2D eigenvalue weighted by Crippen LogP contribution is 2.17. The molecule has 0 unspecified atom stereocenters. The molecule has 82 valence electrons. The van der Waals surface area contributed by atoms with Gasteiger partial charge in [-0.15, -0.1) is 11.6 Å². The van der Waals surface area contributed by atoms with Crippen LogP contribution in [-0.4, -0.2) is 55.7 Å². The van der Waals surface area contributed by atoms with Gasteiger partial charge >= 0.3 is 0 Å². The maximum Gasteiger partial charge on any atom is 0.240 e. The van der Waals surface area contributed by atoms with E-state index in [2.05, 4.69) is 0 Å². The molecule has 1 saturated heterocycles. The molecule has 3 atom stereocenters. The molecule has 0 N–H and O–H groups in total. The highest BCUT2D eigenvalue weighted by atomic mass is 35.5. The van der Waals surface area contributed by atoms with E-state index >= 15 is 0 Å². The van der Waals surface area contributed by atoms with E-state index in [1.165, 1.54) is 0 Å². The van der Waals surface area contributed by atoms with Crippen molar-refractivity contribution in [3.8, 4) is 0 Å². The predicted molar refractivity (Wildman–Crippen MR) is 53.5 cm³/mol. The average molecular weight is 222 g/mol. The van der Waals surface area contributed by atoms with Gasteiger partial charge in [0.2, 0.25) is 5.91 Å². The molecular formula is C9H16ClNO3. The smallest absolute Gasteiger partial charge is 0.240 e. The zero-order chi connectivity index (χ0) is 10.7. The molecule has 1 aliphatic heterocycles. The summed E-state index contributed by atoms with van der Waals surface area (Å²) < 4.78 is 10.4. The first-order valence-electron chi connectivity index (χ1n) is 4.58. The number of halogens is 1. The van der Waals surface area contributed by atoms with Crippen molar-refractivity contribution in [3.05, 3.63) is 0 Å². The SMILES string of the molecule is CO[C@H]1CN(C(=O)[C@H](C)Cl)C[C@H]1OC. The van der Waals surface area contributed by atoms with Gasteiger partial charge in [0, 0.05) is 27.3 Å². The summed E-state index contributed by atoms with van der Waals surface area (Å²) in [5.74, 6) is -0.0618. The predicted octanol–water partition coefficient (Wildman–Crippen LogP) is 0.486. The maximum absolute atomic E-state index is 11.6. The number of carbonyl (C=O) groups excluding carboxylic acids is 1. The minimum atomic E-state index is -0.483. The first-order chi connectivity index (χ1) is 6.60. The van der Waals surface area contributed by atoms with Gasteiger partial charge in [0.25, 0.3) is 0 Å². The van der Waals surface area contributed by atoms with Gasteiger partial charge in [0.05, 0.1) is 0 Å². The Morgan fingerprint density at radius 1 is 1.36 bits per heavy atom. The molecule has 1 heterocycles. The van der Waals surface area contributed by atoms with E-state index in [4.69, 9.17) is 21.1 Å². The average Bonchev–Trinajstić information content (AvgIpc) is 2.59. The van der Waals surface area contributed by atoms with E-state index < -0.39 is 5.38 Å². The van der Waals surface area contributed by atoms with Gasteiger partial charge in [-0.3, -0.25) is 4.79 Å². The summed E-state index contributed by atoms with van der Waals surface area (Å²) in [5, 5.41) is -0.483. The Morgan fingerprint density at radius 3 is 2.07 bits per heavy atom. The number of methoxy groups -OCH3 is 2. The van der Waals surface area contributed by atoms with Crippen molar-refractivity contribution >= 4 is 17.5 Å². The number of ether oxygens (including phenoxy) is 2. The van der Waals surface area contributed by atoms with Crippen LogP contribution in [-0.2, 0) is 14.3 Å². The molecule has 0 spiro atoms. The number of likely N-dealkylation sites (tertiary alicyclic amines) is 1. The molecule has 14 heavy (non-hydrogen) atoms. The van der Waals surface area contributed by atoms with Crippen LogP contribution in [0.15, 0.2) is 0 Å². The Hall–Kier alpha value is -0.320. The number of alkyl halides is 1. The van der Waals surface area contributed by atoms with Crippen molar-refractivity contribution in [2.75, 3.05) is 27.3 Å². The summed E-state index contributed by atoms with van der Waals surface area (Å²) in [6.07, 6.45) is -0.0845. The molecule has 1 rings (SSSR count). The van der Waals surface area contributed by atoms with E-state index in [9.17, 15) is 4.79 Å². The first kappa shape index (κ1) is 11.8. The minimum Gasteiger partial charge on any atom is -0.377 e. The van der Waals surface area contributed by atoms with Crippen molar-refractivity contribution in [3.63, 3.8) is 0 Å². The highest BCUT2D eigenvalue weighted by molar-refractivity contribution is 6.30. The van der Waals surface area contributed by atoms with Gasteiger partial charge < -0.3 is 14.4 Å². The third-order valence-electron chi connectivity index (χ3n) is 2.47. The fourth-order valence-electron chi connectivity index (χ4n) is 1.63. The van der Waals surface area contributed by atoms with Crippen LogP contribution in [0.2, 0.25) is 0 Å². The second-order valence-electron chi connectivity index (χ2n) is 3.41. The summed E-state index contributed by atoms with van der Waals surface area (Å²) in [6, 6.07) is 0. The second kappa shape index (κ2) is 4.96.